The molecule has 0 amide bonds. The summed E-state index contributed by atoms with van der Waals surface area (Å²) in [5.74, 6) is 0. The maximum absolute atomic E-state index is 4.54. The summed E-state index contributed by atoms with van der Waals surface area (Å²) in [4.78, 5) is 0. The Morgan fingerprint density at radius 3 is 2.05 bits per heavy atom. The van der Waals surface area contributed by atoms with Crippen LogP contribution in [0.5, 0.6) is 0 Å². The maximum Gasteiger partial charge on any atom is 0.0964 e. The van der Waals surface area contributed by atoms with Crippen molar-refractivity contribution in [1.82, 2.24) is 0 Å². The molecule has 0 N–H and O–H groups in total. The summed E-state index contributed by atoms with van der Waals surface area (Å²) in [5.41, 5.74) is 6.35. The Labute approximate surface area is 131 Å². The highest BCUT2D eigenvalue weighted by atomic mass is 15.1. The lowest BCUT2D eigenvalue weighted by atomic mass is 10.0. The zero-order valence-corrected chi connectivity index (χ0v) is 12.8. The fourth-order valence-electron chi connectivity index (χ4n) is 2.42. The minimum Gasteiger partial charge on any atom is -0.150 e. The molecule has 0 aliphatic carbocycles. The standard InChI is InChI=1S/C20H18N2/c1-15-9-6-7-14-19(15)21-22-20-16(2)10-8-13-18(20)17-11-4-3-5-12-17/h3-14H,1-2H3. The molecule has 108 valence electrons. The van der Waals surface area contributed by atoms with Crippen LogP contribution in [0.3, 0.4) is 0 Å². The maximum atomic E-state index is 4.54. The number of rotatable bonds is 3. The van der Waals surface area contributed by atoms with Gasteiger partial charge in [0.05, 0.1) is 11.4 Å². The van der Waals surface area contributed by atoms with E-state index >= 15 is 0 Å². The molecule has 0 aliphatic rings. The number of azo groups is 1. The number of hydrogen-bond donors (Lipinski definition) is 0. The monoisotopic (exact) mass is 286 g/mol. The zero-order chi connectivity index (χ0) is 15.4. The van der Waals surface area contributed by atoms with Gasteiger partial charge in [0, 0.05) is 5.56 Å². The van der Waals surface area contributed by atoms with Gasteiger partial charge in [-0.05, 0) is 36.6 Å². The topological polar surface area (TPSA) is 24.7 Å². The minimum atomic E-state index is 0.907. The summed E-state index contributed by atoms with van der Waals surface area (Å²) >= 11 is 0. The Morgan fingerprint density at radius 1 is 0.591 bits per heavy atom. The highest BCUT2D eigenvalue weighted by Gasteiger charge is 2.07. The molecule has 0 radical (unpaired) electrons. The van der Waals surface area contributed by atoms with Crippen LogP contribution in [0.2, 0.25) is 0 Å². The zero-order valence-electron chi connectivity index (χ0n) is 12.8. The first kappa shape index (κ1) is 14.2. The molecule has 0 saturated carbocycles. The van der Waals surface area contributed by atoms with Crippen LogP contribution in [0.4, 0.5) is 11.4 Å². The molecule has 2 heteroatoms. The lowest BCUT2D eigenvalue weighted by Crippen LogP contribution is -1.82. The van der Waals surface area contributed by atoms with Gasteiger partial charge in [-0.2, -0.15) is 5.11 Å². The van der Waals surface area contributed by atoms with Gasteiger partial charge in [-0.1, -0.05) is 66.7 Å². The molecule has 0 unspecified atom stereocenters. The minimum absolute atomic E-state index is 0.907. The molecule has 0 fully saturated rings. The molecule has 3 rings (SSSR count). The van der Waals surface area contributed by atoms with Gasteiger partial charge in [0.2, 0.25) is 0 Å². The average Bonchev–Trinajstić information content (AvgIpc) is 2.56. The van der Waals surface area contributed by atoms with Crippen LogP contribution in [0.1, 0.15) is 11.1 Å². The quantitative estimate of drug-likeness (QED) is 0.499. The van der Waals surface area contributed by atoms with E-state index in [0.717, 1.165) is 33.6 Å². The molecule has 0 spiro atoms. The Bertz CT molecular complexity index is 805. The van der Waals surface area contributed by atoms with Gasteiger partial charge in [-0.15, -0.1) is 5.11 Å². The molecule has 3 aromatic carbocycles. The van der Waals surface area contributed by atoms with E-state index < -0.39 is 0 Å². The number of nitrogens with zero attached hydrogens (tertiary/aromatic N) is 2. The number of aryl methyl sites for hydroxylation is 2. The SMILES string of the molecule is Cc1ccccc1N=Nc1c(C)cccc1-c1ccccc1. The largest absolute Gasteiger partial charge is 0.150 e. The van der Waals surface area contributed by atoms with Gasteiger partial charge in [0.15, 0.2) is 0 Å². The second kappa shape index (κ2) is 6.35. The smallest absolute Gasteiger partial charge is 0.0964 e. The predicted molar refractivity (Wildman–Crippen MR) is 92.0 cm³/mol. The summed E-state index contributed by atoms with van der Waals surface area (Å²) in [6, 6.07) is 24.5. The number of benzene rings is 3. The molecule has 2 nitrogen and oxygen atoms in total. The van der Waals surface area contributed by atoms with Gasteiger partial charge in [0.1, 0.15) is 0 Å². The predicted octanol–water partition coefficient (Wildman–Crippen LogP) is 6.39. The lowest BCUT2D eigenvalue weighted by molar-refractivity contribution is 1.19. The van der Waals surface area contributed by atoms with E-state index in [4.69, 9.17) is 0 Å². The van der Waals surface area contributed by atoms with Crippen LogP contribution in [0.25, 0.3) is 11.1 Å². The first-order valence-corrected chi connectivity index (χ1v) is 7.38. The second-order valence-electron chi connectivity index (χ2n) is 5.32. The van der Waals surface area contributed by atoms with Crippen LogP contribution in [-0.4, -0.2) is 0 Å². The molecule has 3 aromatic rings. The first-order chi connectivity index (χ1) is 10.8. The molecular formula is C20H18N2. The third kappa shape index (κ3) is 2.96. The molecule has 22 heavy (non-hydrogen) atoms. The van der Waals surface area contributed by atoms with Crippen LogP contribution in [0.15, 0.2) is 83.0 Å². The Kier molecular flexibility index (Phi) is 4.10. The molecule has 0 bridgehead atoms. The molecule has 0 saturated heterocycles. The third-order valence-electron chi connectivity index (χ3n) is 3.70. The van der Waals surface area contributed by atoms with E-state index in [9.17, 15) is 0 Å². The Balaban J connectivity index is 2.06. The molecule has 0 heterocycles. The van der Waals surface area contributed by atoms with E-state index in [1.807, 2.05) is 49.4 Å². The normalized spacial score (nSPS) is 11.0. The van der Waals surface area contributed by atoms with E-state index in [1.54, 1.807) is 0 Å². The summed E-state index contributed by atoms with van der Waals surface area (Å²) in [7, 11) is 0. The molecular weight excluding hydrogens is 268 g/mol. The fourth-order valence-corrected chi connectivity index (χ4v) is 2.42. The van der Waals surface area contributed by atoms with Crippen LogP contribution >= 0.6 is 0 Å². The highest BCUT2D eigenvalue weighted by Crippen LogP contribution is 2.34. The van der Waals surface area contributed by atoms with Crippen molar-refractivity contribution < 1.29 is 0 Å². The van der Waals surface area contributed by atoms with Crippen LogP contribution in [0, 0.1) is 13.8 Å². The van der Waals surface area contributed by atoms with Gasteiger partial charge in [-0.25, -0.2) is 0 Å². The molecule has 0 aromatic heterocycles. The summed E-state index contributed by atoms with van der Waals surface area (Å²) in [5, 5.41) is 8.99. The van der Waals surface area contributed by atoms with Crippen LogP contribution < -0.4 is 0 Å². The van der Waals surface area contributed by atoms with Crippen LogP contribution in [-0.2, 0) is 0 Å². The highest BCUT2D eigenvalue weighted by molar-refractivity contribution is 5.77. The van der Waals surface area contributed by atoms with Crippen molar-refractivity contribution in [2.24, 2.45) is 10.2 Å². The summed E-state index contributed by atoms with van der Waals surface area (Å²) in [6.07, 6.45) is 0. The fraction of sp³-hybridized carbons (Fsp3) is 0.100. The van der Waals surface area contributed by atoms with Crippen molar-refractivity contribution in [1.29, 1.82) is 0 Å². The van der Waals surface area contributed by atoms with Crippen molar-refractivity contribution in [3.05, 3.63) is 83.9 Å². The van der Waals surface area contributed by atoms with E-state index in [2.05, 4.69) is 47.5 Å². The Hall–Kier alpha value is -2.74. The van der Waals surface area contributed by atoms with Gasteiger partial charge < -0.3 is 0 Å². The molecule has 0 aliphatic heterocycles. The van der Waals surface area contributed by atoms with E-state index in [-0.39, 0.29) is 0 Å². The first-order valence-electron chi connectivity index (χ1n) is 7.38. The number of hydrogen-bond acceptors (Lipinski definition) is 2. The summed E-state index contributed by atoms with van der Waals surface area (Å²) in [6.45, 7) is 4.11. The van der Waals surface area contributed by atoms with Gasteiger partial charge in [-0.3, -0.25) is 0 Å². The van der Waals surface area contributed by atoms with Crippen molar-refractivity contribution in [3.8, 4) is 11.1 Å². The average molecular weight is 286 g/mol. The molecule has 0 atom stereocenters. The van der Waals surface area contributed by atoms with E-state index in [1.165, 1.54) is 0 Å². The van der Waals surface area contributed by atoms with E-state index in [0.29, 0.717) is 0 Å². The second-order valence-corrected chi connectivity index (χ2v) is 5.32. The van der Waals surface area contributed by atoms with Crippen molar-refractivity contribution >= 4 is 11.4 Å². The van der Waals surface area contributed by atoms with Crippen molar-refractivity contribution in [2.45, 2.75) is 13.8 Å². The van der Waals surface area contributed by atoms with Crippen molar-refractivity contribution in [2.75, 3.05) is 0 Å². The van der Waals surface area contributed by atoms with Gasteiger partial charge in [0.25, 0.3) is 0 Å². The summed E-state index contributed by atoms with van der Waals surface area (Å²) < 4.78 is 0. The lowest BCUT2D eigenvalue weighted by Gasteiger charge is -2.08. The van der Waals surface area contributed by atoms with Gasteiger partial charge >= 0.3 is 0 Å². The Morgan fingerprint density at radius 2 is 1.27 bits per heavy atom. The van der Waals surface area contributed by atoms with Crippen molar-refractivity contribution in [3.63, 3.8) is 0 Å². The third-order valence-corrected chi connectivity index (χ3v) is 3.70.